The smallest absolute Gasteiger partial charge is 0.223 e. The van der Waals surface area contributed by atoms with E-state index in [1.807, 2.05) is 23.1 Å². The predicted octanol–water partition coefficient (Wildman–Crippen LogP) is 4.07. The second-order valence-electron chi connectivity index (χ2n) is 6.35. The fraction of sp³-hybridized carbons (Fsp3) is 0.333. The number of thiophene rings is 1. The average Bonchev–Trinajstić information content (AvgIpc) is 3.24. The van der Waals surface area contributed by atoms with Crippen LogP contribution in [0.2, 0.25) is 8.67 Å². The van der Waals surface area contributed by atoms with E-state index in [4.69, 9.17) is 23.2 Å². The zero-order valence-electron chi connectivity index (χ0n) is 14.4. The van der Waals surface area contributed by atoms with Crippen molar-refractivity contribution < 1.29 is 4.79 Å². The van der Waals surface area contributed by atoms with Crippen molar-refractivity contribution in [1.82, 2.24) is 24.6 Å². The van der Waals surface area contributed by atoms with Gasteiger partial charge in [0.15, 0.2) is 11.6 Å². The summed E-state index contributed by atoms with van der Waals surface area (Å²) >= 11 is 13.5. The highest BCUT2D eigenvalue weighted by molar-refractivity contribution is 7.20. The van der Waals surface area contributed by atoms with Crippen molar-refractivity contribution in [2.45, 2.75) is 32.4 Å². The van der Waals surface area contributed by atoms with Crippen LogP contribution in [0.5, 0.6) is 0 Å². The van der Waals surface area contributed by atoms with Gasteiger partial charge in [-0.25, -0.2) is 0 Å². The Hall–Kier alpha value is -1.96. The maximum Gasteiger partial charge on any atom is 0.223 e. The number of nitrogens with zero attached hydrogens (tertiary/aromatic N) is 5. The minimum atomic E-state index is 0.129. The Morgan fingerprint density at radius 3 is 2.89 bits per heavy atom. The fourth-order valence-corrected chi connectivity index (χ4v) is 4.76. The largest absolute Gasteiger partial charge is 0.333 e. The van der Waals surface area contributed by atoms with Crippen LogP contribution < -0.4 is 0 Å². The van der Waals surface area contributed by atoms with Gasteiger partial charge in [-0.15, -0.1) is 21.5 Å². The minimum absolute atomic E-state index is 0.129. The Morgan fingerprint density at radius 2 is 2.15 bits per heavy atom. The Balaban J connectivity index is 1.36. The van der Waals surface area contributed by atoms with Crippen molar-refractivity contribution in [2.24, 2.45) is 0 Å². The molecule has 0 spiro atoms. The molecule has 0 aromatic carbocycles. The first kappa shape index (κ1) is 18.4. The summed E-state index contributed by atoms with van der Waals surface area (Å²) in [5.41, 5.74) is 1.95. The Kier molecular flexibility index (Phi) is 5.43. The SMILES string of the molecule is O=C(CCCc1cc(Cl)sc1Cl)N1CCn2c(nnc2-c2cccnc2)C1. The van der Waals surface area contributed by atoms with Gasteiger partial charge in [-0.3, -0.25) is 9.78 Å². The number of halogens is 2. The summed E-state index contributed by atoms with van der Waals surface area (Å²) in [7, 11) is 0. The monoisotopic (exact) mass is 421 g/mol. The number of fused-ring (bicyclic) bond motifs is 1. The molecular weight excluding hydrogens is 405 g/mol. The maximum atomic E-state index is 12.6. The maximum absolute atomic E-state index is 12.6. The lowest BCUT2D eigenvalue weighted by Crippen LogP contribution is -2.38. The van der Waals surface area contributed by atoms with E-state index >= 15 is 0 Å². The molecule has 4 heterocycles. The molecule has 3 aromatic heterocycles. The van der Waals surface area contributed by atoms with E-state index in [0.717, 1.165) is 35.6 Å². The van der Waals surface area contributed by atoms with Crippen LogP contribution in [0.1, 0.15) is 24.2 Å². The van der Waals surface area contributed by atoms with Crippen LogP contribution in [0, 0.1) is 0 Å². The quantitative estimate of drug-likeness (QED) is 0.622. The van der Waals surface area contributed by atoms with Gasteiger partial charge in [-0.1, -0.05) is 23.2 Å². The van der Waals surface area contributed by atoms with Crippen LogP contribution >= 0.6 is 34.5 Å². The van der Waals surface area contributed by atoms with Gasteiger partial charge in [0.2, 0.25) is 5.91 Å². The summed E-state index contributed by atoms with van der Waals surface area (Å²) in [5.74, 6) is 1.74. The Bertz CT molecular complexity index is 956. The van der Waals surface area contributed by atoms with Crippen molar-refractivity contribution in [3.05, 3.63) is 50.7 Å². The third-order valence-electron chi connectivity index (χ3n) is 4.59. The average molecular weight is 422 g/mol. The van der Waals surface area contributed by atoms with E-state index < -0.39 is 0 Å². The summed E-state index contributed by atoms with van der Waals surface area (Å²) in [6.07, 6.45) is 5.48. The highest BCUT2D eigenvalue weighted by Crippen LogP contribution is 2.32. The summed E-state index contributed by atoms with van der Waals surface area (Å²) in [4.78, 5) is 18.6. The van der Waals surface area contributed by atoms with E-state index in [2.05, 4.69) is 19.7 Å². The van der Waals surface area contributed by atoms with Crippen molar-refractivity contribution in [3.63, 3.8) is 0 Å². The molecule has 6 nitrogen and oxygen atoms in total. The lowest BCUT2D eigenvalue weighted by Gasteiger charge is -2.28. The molecule has 0 unspecified atom stereocenters. The molecule has 140 valence electrons. The molecule has 9 heteroatoms. The molecular formula is C18H17Cl2N5OS. The number of carbonyl (C=O) groups is 1. The summed E-state index contributed by atoms with van der Waals surface area (Å²) < 4.78 is 3.45. The lowest BCUT2D eigenvalue weighted by molar-refractivity contribution is -0.132. The molecule has 0 radical (unpaired) electrons. The molecule has 0 fully saturated rings. The van der Waals surface area contributed by atoms with Gasteiger partial charge in [-0.2, -0.15) is 0 Å². The van der Waals surface area contributed by atoms with Crippen LogP contribution in [0.3, 0.4) is 0 Å². The van der Waals surface area contributed by atoms with Crippen LogP contribution in [0.25, 0.3) is 11.4 Å². The van der Waals surface area contributed by atoms with Crippen LogP contribution in [0.4, 0.5) is 0 Å². The van der Waals surface area contributed by atoms with Crippen LogP contribution in [0.15, 0.2) is 30.6 Å². The van der Waals surface area contributed by atoms with Crippen molar-refractivity contribution in [3.8, 4) is 11.4 Å². The topological polar surface area (TPSA) is 63.9 Å². The second-order valence-corrected chi connectivity index (χ2v) is 8.64. The van der Waals surface area contributed by atoms with E-state index in [9.17, 15) is 4.79 Å². The Morgan fingerprint density at radius 1 is 1.26 bits per heavy atom. The number of aromatic nitrogens is 4. The molecule has 0 aliphatic carbocycles. The number of pyridine rings is 1. The number of carbonyl (C=O) groups excluding carboxylic acids is 1. The number of aryl methyl sites for hydroxylation is 1. The zero-order valence-corrected chi connectivity index (χ0v) is 16.8. The molecule has 0 saturated carbocycles. The van der Waals surface area contributed by atoms with E-state index in [1.54, 1.807) is 12.4 Å². The van der Waals surface area contributed by atoms with Gasteiger partial charge in [0, 0.05) is 37.5 Å². The fourth-order valence-electron chi connectivity index (χ4n) is 3.21. The number of hydrogen-bond acceptors (Lipinski definition) is 5. The molecule has 0 atom stereocenters. The van der Waals surface area contributed by atoms with Crippen molar-refractivity contribution >= 4 is 40.4 Å². The van der Waals surface area contributed by atoms with Crippen LogP contribution in [-0.2, 0) is 24.3 Å². The van der Waals surface area contributed by atoms with Gasteiger partial charge in [0.05, 0.1) is 15.2 Å². The standard InChI is InChI=1S/C18H17Cl2N5OS/c19-14-9-12(17(20)27-14)3-1-5-16(26)24-7-8-25-15(11-24)22-23-18(25)13-4-2-6-21-10-13/h2,4,6,9-10H,1,3,5,7-8,11H2. The first-order valence-electron chi connectivity index (χ1n) is 8.66. The van der Waals surface area contributed by atoms with Gasteiger partial charge < -0.3 is 9.47 Å². The van der Waals surface area contributed by atoms with Crippen LogP contribution in [-0.4, -0.2) is 37.1 Å². The molecule has 1 aliphatic heterocycles. The second kappa shape index (κ2) is 7.96. The van der Waals surface area contributed by atoms with Crippen molar-refractivity contribution in [1.29, 1.82) is 0 Å². The molecule has 0 N–H and O–H groups in total. The zero-order chi connectivity index (χ0) is 18.8. The highest BCUT2D eigenvalue weighted by atomic mass is 35.5. The molecule has 1 amide bonds. The van der Waals surface area contributed by atoms with E-state index in [0.29, 0.717) is 34.7 Å². The van der Waals surface area contributed by atoms with E-state index in [1.165, 1.54) is 11.3 Å². The van der Waals surface area contributed by atoms with Gasteiger partial charge >= 0.3 is 0 Å². The molecule has 0 bridgehead atoms. The normalized spacial score (nSPS) is 13.6. The summed E-state index contributed by atoms with van der Waals surface area (Å²) in [6.45, 7) is 1.82. The van der Waals surface area contributed by atoms with Gasteiger partial charge in [0.1, 0.15) is 0 Å². The lowest BCUT2D eigenvalue weighted by atomic mass is 10.1. The third-order valence-corrected chi connectivity index (χ3v) is 6.16. The molecule has 27 heavy (non-hydrogen) atoms. The molecule has 3 aromatic rings. The Labute approximate surface area is 170 Å². The number of amides is 1. The summed E-state index contributed by atoms with van der Waals surface area (Å²) in [6, 6.07) is 5.72. The van der Waals surface area contributed by atoms with Crippen molar-refractivity contribution in [2.75, 3.05) is 6.54 Å². The minimum Gasteiger partial charge on any atom is -0.333 e. The summed E-state index contributed by atoms with van der Waals surface area (Å²) in [5, 5.41) is 8.55. The number of rotatable bonds is 5. The number of hydrogen-bond donors (Lipinski definition) is 0. The third kappa shape index (κ3) is 4.00. The van der Waals surface area contributed by atoms with Gasteiger partial charge in [-0.05, 0) is 36.6 Å². The molecule has 0 saturated heterocycles. The first-order chi connectivity index (χ1) is 13.1. The predicted molar refractivity (Wildman–Crippen MR) is 106 cm³/mol. The van der Waals surface area contributed by atoms with E-state index in [-0.39, 0.29) is 5.91 Å². The first-order valence-corrected chi connectivity index (χ1v) is 10.2. The highest BCUT2D eigenvalue weighted by Gasteiger charge is 2.24. The van der Waals surface area contributed by atoms with Gasteiger partial charge in [0.25, 0.3) is 0 Å². The molecule has 1 aliphatic rings. The molecule has 4 rings (SSSR count).